The standard InChI is InChI=1S/C12H22N2O/c1-8-6-11(8)12(15)14-5-3-4-10(7-14)9(2)13/h8-11H,3-7,13H2,1-2H3. The zero-order valence-electron chi connectivity index (χ0n) is 9.78. The number of amides is 1. The van der Waals surface area contributed by atoms with E-state index in [1.54, 1.807) is 0 Å². The van der Waals surface area contributed by atoms with E-state index in [0.717, 1.165) is 25.9 Å². The first kappa shape index (κ1) is 10.9. The molecular weight excluding hydrogens is 188 g/mol. The Hall–Kier alpha value is -0.570. The van der Waals surface area contributed by atoms with E-state index in [1.165, 1.54) is 6.42 Å². The summed E-state index contributed by atoms with van der Waals surface area (Å²) in [5.41, 5.74) is 5.91. The SMILES string of the molecule is CC(N)C1CCCN(C(=O)C2CC2C)C1. The van der Waals surface area contributed by atoms with Crippen LogP contribution >= 0.6 is 0 Å². The van der Waals surface area contributed by atoms with Crippen LogP contribution in [0.5, 0.6) is 0 Å². The van der Waals surface area contributed by atoms with Crippen molar-refractivity contribution in [3.8, 4) is 0 Å². The normalized spacial score (nSPS) is 37.5. The van der Waals surface area contributed by atoms with Crippen LogP contribution in [0.1, 0.15) is 33.1 Å². The Labute approximate surface area is 92.0 Å². The van der Waals surface area contributed by atoms with Gasteiger partial charge in [-0.2, -0.15) is 0 Å². The molecule has 0 spiro atoms. The Balaban J connectivity index is 1.89. The van der Waals surface area contributed by atoms with Gasteiger partial charge in [-0.3, -0.25) is 4.79 Å². The van der Waals surface area contributed by atoms with Crippen LogP contribution in [0.25, 0.3) is 0 Å². The van der Waals surface area contributed by atoms with E-state index in [0.29, 0.717) is 23.7 Å². The minimum atomic E-state index is 0.220. The van der Waals surface area contributed by atoms with Crippen LogP contribution in [-0.4, -0.2) is 29.9 Å². The molecule has 1 aliphatic carbocycles. The number of likely N-dealkylation sites (tertiary alicyclic amines) is 1. The van der Waals surface area contributed by atoms with E-state index in [4.69, 9.17) is 5.73 Å². The number of nitrogens with zero attached hydrogens (tertiary/aromatic N) is 1. The second-order valence-electron chi connectivity index (χ2n) is 5.37. The summed E-state index contributed by atoms with van der Waals surface area (Å²) < 4.78 is 0. The number of rotatable bonds is 2. The minimum Gasteiger partial charge on any atom is -0.342 e. The maximum Gasteiger partial charge on any atom is 0.225 e. The molecule has 3 nitrogen and oxygen atoms in total. The third kappa shape index (κ3) is 2.33. The average molecular weight is 210 g/mol. The Kier molecular flexibility index (Phi) is 3.01. The van der Waals surface area contributed by atoms with Crippen LogP contribution < -0.4 is 5.73 Å². The van der Waals surface area contributed by atoms with Crippen molar-refractivity contribution < 1.29 is 4.79 Å². The van der Waals surface area contributed by atoms with Crippen molar-refractivity contribution in [3.63, 3.8) is 0 Å². The maximum absolute atomic E-state index is 12.0. The summed E-state index contributed by atoms with van der Waals surface area (Å²) in [6, 6.07) is 0.220. The summed E-state index contributed by atoms with van der Waals surface area (Å²) in [6.45, 7) is 6.05. The van der Waals surface area contributed by atoms with Gasteiger partial charge in [0.25, 0.3) is 0 Å². The fourth-order valence-electron chi connectivity index (χ4n) is 2.54. The second-order valence-corrected chi connectivity index (χ2v) is 5.37. The summed E-state index contributed by atoms with van der Waals surface area (Å²) in [4.78, 5) is 14.1. The van der Waals surface area contributed by atoms with Gasteiger partial charge in [0, 0.05) is 25.0 Å². The molecule has 0 bridgehead atoms. The molecule has 1 amide bonds. The van der Waals surface area contributed by atoms with Gasteiger partial charge < -0.3 is 10.6 Å². The van der Waals surface area contributed by atoms with Crippen molar-refractivity contribution in [2.24, 2.45) is 23.5 Å². The van der Waals surface area contributed by atoms with Gasteiger partial charge in [-0.25, -0.2) is 0 Å². The second kappa shape index (κ2) is 4.12. The molecule has 3 heteroatoms. The fourth-order valence-corrected chi connectivity index (χ4v) is 2.54. The highest BCUT2D eigenvalue weighted by Gasteiger charge is 2.42. The molecule has 0 radical (unpaired) electrons. The lowest BCUT2D eigenvalue weighted by Crippen LogP contribution is -2.45. The highest BCUT2D eigenvalue weighted by atomic mass is 16.2. The van der Waals surface area contributed by atoms with Gasteiger partial charge in [-0.1, -0.05) is 6.92 Å². The van der Waals surface area contributed by atoms with E-state index in [2.05, 4.69) is 13.8 Å². The molecule has 0 aromatic rings. The maximum atomic E-state index is 12.0. The molecular formula is C12H22N2O. The molecule has 1 saturated heterocycles. The number of hydrogen-bond acceptors (Lipinski definition) is 2. The fraction of sp³-hybridized carbons (Fsp3) is 0.917. The first-order chi connectivity index (χ1) is 7.09. The third-order valence-electron chi connectivity index (χ3n) is 3.94. The first-order valence-electron chi connectivity index (χ1n) is 6.14. The monoisotopic (exact) mass is 210 g/mol. The van der Waals surface area contributed by atoms with Gasteiger partial charge in [0.15, 0.2) is 0 Å². The largest absolute Gasteiger partial charge is 0.342 e. The molecule has 1 aliphatic heterocycles. The zero-order chi connectivity index (χ0) is 11.0. The van der Waals surface area contributed by atoms with E-state index in [-0.39, 0.29) is 6.04 Å². The van der Waals surface area contributed by atoms with E-state index >= 15 is 0 Å². The molecule has 86 valence electrons. The van der Waals surface area contributed by atoms with Crippen molar-refractivity contribution in [2.75, 3.05) is 13.1 Å². The lowest BCUT2D eigenvalue weighted by molar-refractivity contribution is -0.134. The molecule has 2 rings (SSSR count). The zero-order valence-corrected chi connectivity index (χ0v) is 9.78. The summed E-state index contributed by atoms with van der Waals surface area (Å²) in [6.07, 6.45) is 3.40. The number of piperidine rings is 1. The molecule has 4 unspecified atom stereocenters. The van der Waals surface area contributed by atoms with E-state index < -0.39 is 0 Å². The highest BCUT2D eigenvalue weighted by Crippen LogP contribution is 2.39. The first-order valence-corrected chi connectivity index (χ1v) is 6.14. The van der Waals surface area contributed by atoms with Gasteiger partial charge in [0.1, 0.15) is 0 Å². The van der Waals surface area contributed by atoms with E-state index in [1.807, 2.05) is 4.90 Å². The van der Waals surface area contributed by atoms with Gasteiger partial charge in [-0.05, 0) is 38.0 Å². The molecule has 15 heavy (non-hydrogen) atoms. The summed E-state index contributed by atoms with van der Waals surface area (Å²) >= 11 is 0. The molecule has 2 fully saturated rings. The smallest absolute Gasteiger partial charge is 0.225 e. The van der Waals surface area contributed by atoms with Crippen LogP contribution in [0, 0.1) is 17.8 Å². The van der Waals surface area contributed by atoms with Crippen LogP contribution in [0.2, 0.25) is 0 Å². The van der Waals surface area contributed by atoms with Gasteiger partial charge in [0.05, 0.1) is 0 Å². The highest BCUT2D eigenvalue weighted by molar-refractivity contribution is 5.81. The molecule has 0 aromatic carbocycles. The predicted molar refractivity (Wildman–Crippen MR) is 60.2 cm³/mol. The van der Waals surface area contributed by atoms with Crippen molar-refractivity contribution in [1.82, 2.24) is 4.90 Å². The molecule has 1 heterocycles. The molecule has 4 atom stereocenters. The number of hydrogen-bond donors (Lipinski definition) is 1. The van der Waals surface area contributed by atoms with Crippen LogP contribution in [0.4, 0.5) is 0 Å². The number of carbonyl (C=O) groups is 1. The summed E-state index contributed by atoms with van der Waals surface area (Å²) in [7, 11) is 0. The lowest BCUT2D eigenvalue weighted by atomic mass is 9.92. The molecule has 2 N–H and O–H groups in total. The average Bonchev–Trinajstić information content (AvgIpc) is 2.94. The van der Waals surface area contributed by atoms with Crippen molar-refractivity contribution in [3.05, 3.63) is 0 Å². The van der Waals surface area contributed by atoms with Crippen LogP contribution in [0.3, 0.4) is 0 Å². The van der Waals surface area contributed by atoms with Crippen LogP contribution in [-0.2, 0) is 4.79 Å². The molecule has 0 aromatic heterocycles. The van der Waals surface area contributed by atoms with Crippen molar-refractivity contribution in [1.29, 1.82) is 0 Å². The van der Waals surface area contributed by atoms with E-state index in [9.17, 15) is 4.79 Å². The topological polar surface area (TPSA) is 46.3 Å². The number of nitrogens with two attached hydrogens (primary N) is 1. The van der Waals surface area contributed by atoms with Gasteiger partial charge in [0.2, 0.25) is 5.91 Å². The Morgan fingerprint density at radius 3 is 2.73 bits per heavy atom. The predicted octanol–water partition coefficient (Wildman–Crippen LogP) is 1.23. The Morgan fingerprint density at radius 2 is 2.20 bits per heavy atom. The minimum absolute atomic E-state index is 0.220. The molecule has 1 saturated carbocycles. The van der Waals surface area contributed by atoms with Gasteiger partial charge in [-0.15, -0.1) is 0 Å². The third-order valence-corrected chi connectivity index (χ3v) is 3.94. The lowest BCUT2D eigenvalue weighted by Gasteiger charge is -2.34. The van der Waals surface area contributed by atoms with Crippen molar-refractivity contribution >= 4 is 5.91 Å². The van der Waals surface area contributed by atoms with Crippen molar-refractivity contribution in [2.45, 2.75) is 39.2 Å². The summed E-state index contributed by atoms with van der Waals surface area (Å²) in [5, 5.41) is 0. The summed E-state index contributed by atoms with van der Waals surface area (Å²) in [5.74, 6) is 1.84. The van der Waals surface area contributed by atoms with Crippen LogP contribution in [0.15, 0.2) is 0 Å². The quantitative estimate of drug-likeness (QED) is 0.745. The number of carbonyl (C=O) groups excluding carboxylic acids is 1. The molecule has 2 aliphatic rings. The Bertz CT molecular complexity index is 252. The Morgan fingerprint density at radius 1 is 1.53 bits per heavy atom. The van der Waals surface area contributed by atoms with Gasteiger partial charge >= 0.3 is 0 Å².